The van der Waals surface area contributed by atoms with Crippen LogP contribution < -0.4 is 9.47 Å². The van der Waals surface area contributed by atoms with Crippen LogP contribution in [0.3, 0.4) is 0 Å². The number of benzene rings is 2. The van der Waals surface area contributed by atoms with Crippen molar-refractivity contribution >= 4 is 5.91 Å². The lowest BCUT2D eigenvalue weighted by molar-refractivity contribution is -0.136. The molecule has 36 heavy (non-hydrogen) atoms. The normalized spacial score (nSPS) is 29.6. The first-order chi connectivity index (χ1) is 17.4. The molecule has 0 aromatic heterocycles. The largest absolute Gasteiger partial charge is 0.493 e. The molecule has 0 bridgehead atoms. The van der Waals surface area contributed by atoms with Gasteiger partial charge in [-0.15, -0.1) is 0 Å². The molecular formula is C30H39NO5. The average Bonchev–Trinajstić information content (AvgIpc) is 3.19. The van der Waals surface area contributed by atoms with Gasteiger partial charge in [0.2, 0.25) is 5.91 Å². The number of methoxy groups -OCH3 is 1. The topological polar surface area (TPSA) is 68.2 Å². The van der Waals surface area contributed by atoms with E-state index in [1.54, 1.807) is 7.11 Å². The van der Waals surface area contributed by atoms with E-state index in [2.05, 4.69) is 13.0 Å². The van der Waals surface area contributed by atoms with E-state index in [4.69, 9.17) is 14.2 Å². The minimum atomic E-state index is -0.581. The van der Waals surface area contributed by atoms with Gasteiger partial charge in [-0.25, -0.2) is 0 Å². The fourth-order valence-electron chi connectivity index (χ4n) is 6.46. The first-order valence-corrected chi connectivity index (χ1v) is 13.3. The molecule has 0 spiro atoms. The Morgan fingerprint density at radius 2 is 1.89 bits per heavy atom. The number of nitrogens with zero attached hydrogens (tertiary/aromatic N) is 1. The predicted octanol–water partition coefficient (Wildman–Crippen LogP) is 4.65. The van der Waals surface area contributed by atoms with Crippen molar-refractivity contribution in [2.75, 3.05) is 33.4 Å². The highest BCUT2D eigenvalue weighted by Gasteiger charge is 2.53. The molecule has 4 unspecified atom stereocenters. The van der Waals surface area contributed by atoms with E-state index in [-0.39, 0.29) is 18.4 Å². The summed E-state index contributed by atoms with van der Waals surface area (Å²) >= 11 is 0. The zero-order valence-electron chi connectivity index (χ0n) is 21.7. The first-order valence-electron chi connectivity index (χ1n) is 13.3. The van der Waals surface area contributed by atoms with Crippen molar-refractivity contribution in [1.29, 1.82) is 0 Å². The van der Waals surface area contributed by atoms with Gasteiger partial charge in [-0.3, -0.25) is 4.79 Å². The number of aliphatic hydroxyl groups excluding tert-OH is 1. The quantitative estimate of drug-likeness (QED) is 0.522. The van der Waals surface area contributed by atoms with Gasteiger partial charge >= 0.3 is 0 Å². The number of ether oxygens (including phenoxy) is 3. The first kappa shape index (κ1) is 25.1. The van der Waals surface area contributed by atoms with Gasteiger partial charge in [-0.2, -0.15) is 0 Å². The number of rotatable bonds is 10. The third-order valence-corrected chi connectivity index (χ3v) is 8.98. The van der Waals surface area contributed by atoms with Gasteiger partial charge in [0, 0.05) is 24.4 Å². The van der Waals surface area contributed by atoms with Crippen LogP contribution in [0.2, 0.25) is 0 Å². The summed E-state index contributed by atoms with van der Waals surface area (Å²) in [5.41, 5.74) is 1.62. The Balaban J connectivity index is 1.26. The van der Waals surface area contributed by atoms with E-state index < -0.39 is 11.5 Å². The van der Waals surface area contributed by atoms with Crippen LogP contribution in [-0.2, 0) is 16.1 Å². The summed E-state index contributed by atoms with van der Waals surface area (Å²) in [4.78, 5) is 14.9. The second-order valence-electron chi connectivity index (χ2n) is 11.1. The summed E-state index contributed by atoms with van der Waals surface area (Å²) in [5.74, 6) is 3.76. The molecule has 1 amide bonds. The Bertz CT molecular complexity index is 1050. The Morgan fingerprint density at radius 3 is 2.58 bits per heavy atom. The zero-order chi connectivity index (χ0) is 25.3. The van der Waals surface area contributed by atoms with E-state index in [0.29, 0.717) is 25.6 Å². The molecule has 1 aliphatic heterocycles. The highest BCUT2D eigenvalue weighted by atomic mass is 16.5. The number of amides is 1. The molecule has 194 valence electrons. The van der Waals surface area contributed by atoms with Gasteiger partial charge in [-0.1, -0.05) is 49.7 Å². The molecule has 3 fully saturated rings. The summed E-state index contributed by atoms with van der Waals surface area (Å²) in [7, 11) is 1.67. The van der Waals surface area contributed by atoms with Crippen molar-refractivity contribution in [2.24, 2.45) is 23.2 Å². The molecule has 2 aromatic carbocycles. The Kier molecular flexibility index (Phi) is 7.27. The predicted molar refractivity (Wildman–Crippen MR) is 138 cm³/mol. The van der Waals surface area contributed by atoms with Gasteiger partial charge in [-0.05, 0) is 60.8 Å². The highest BCUT2D eigenvalue weighted by molar-refractivity contribution is 5.78. The van der Waals surface area contributed by atoms with Gasteiger partial charge in [0.05, 0.1) is 26.4 Å². The fourth-order valence-corrected chi connectivity index (χ4v) is 6.46. The zero-order valence-corrected chi connectivity index (χ0v) is 21.7. The van der Waals surface area contributed by atoms with Gasteiger partial charge in [0.25, 0.3) is 0 Å². The Hall–Kier alpha value is -2.57. The lowest BCUT2D eigenvalue weighted by Crippen LogP contribution is -2.38. The molecule has 2 saturated carbocycles. The molecule has 2 aliphatic carbocycles. The lowest BCUT2D eigenvalue weighted by Gasteiger charge is -2.33. The van der Waals surface area contributed by atoms with Gasteiger partial charge < -0.3 is 24.2 Å². The van der Waals surface area contributed by atoms with E-state index >= 15 is 0 Å². The SMILES string of the molecule is COc1ccc(C2CN(C(=O)COCc3ccccc3)CC2(C)[C@H](C)O)cc1OCC1C2CCCC21. The average molecular weight is 494 g/mol. The van der Waals surface area contributed by atoms with Crippen molar-refractivity contribution in [3.8, 4) is 11.5 Å². The van der Waals surface area contributed by atoms with E-state index in [0.717, 1.165) is 41.1 Å². The molecule has 5 rings (SSSR count). The molecule has 0 radical (unpaired) electrons. The standard InChI is InChI=1S/C30H39NO5/c1-20(32)30(2)19-31(29(33)18-35-16-21-8-5-4-6-9-21)15-26(30)22-12-13-27(34-3)28(14-22)36-17-25-23-10-7-11-24(23)25/h4-6,8-9,12-14,20,23-26,32H,7,10-11,15-19H2,1-3H3/t20-,23?,24?,25?,26?,30?/m0/s1. The second kappa shape index (κ2) is 10.4. The third kappa shape index (κ3) is 4.98. The van der Waals surface area contributed by atoms with Crippen LogP contribution >= 0.6 is 0 Å². The molecule has 1 saturated heterocycles. The van der Waals surface area contributed by atoms with Crippen LogP contribution in [0.4, 0.5) is 0 Å². The number of hydrogen-bond acceptors (Lipinski definition) is 5. The molecule has 6 nitrogen and oxygen atoms in total. The maximum absolute atomic E-state index is 13.0. The number of fused-ring (bicyclic) bond motifs is 1. The minimum Gasteiger partial charge on any atom is -0.493 e. The van der Waals surface area contributed by atoms with Crippen LogP contribution in [0.15, 0.2) is 48.5 Å². The van der Waals surface area contributed by atoms with Crippen LogP contribution in [-0.4, -0.2) is 55.4 Å². The fraction of sp³-hybridized carbons (Fsp3) is 0.567. The van der Waals surface area contributed by atoms with Crippen LogP contribution in [0.5, 0.6) is 11.5 Å². The van der Waals surface area contributed by atoms with E-state index in [1.807, 2.05) is 54.3 Å². The molecule has 6 heteroatoms. The van der Waals surface area contributed by atoms with Crippen molar-refractivity contribution < 1.29 is 24.1 Å². The molecule has 3 aliphatic rings. The second-order valence-corrected chi connectivity index (χ2v) is 11.1. The van der Waals surface area contributed by atoms with Gasteiger partial charge in [0.1, 0.15) is 6.61 Å². The monoisotopic (exact) mass is 493 g/mol. The van der Waals surface area contributed by atoms with Crippen molar-refractivity contribution in [3.05, 3.63) is 59.7 Å². The summed E-state index contributed by atoms with van der Waals surface area (Å²) in [6.45, 7) is 6.06. The van der Waals surface area contributed by atoms with Crippen LogP contribution in [0.25, 0.3) is 0 Å². The summed E-state index contributed by atoms with van der Waals surface area (Å²) in [5, 5.41) is 10.8. The van der Waals surface area contributed by atoms with Gasteiger partial charge in [0.15, 0.2) is 11.5 Å². The third-order valence-electron chi connectivity index (χ3n) is 8.98. The lowest BCUT2D eigenvalue weighted by atomic mass is 9.72. The number of aliphatic hydroxyl groups is 1. The number of hydrogen-bond donors (Lipinski definition) is 1. The Labute approximate surface area is 214 Å². The smallest absolute Gasteiger partial charge is 0.248 e. The van der Waals surface area contributed by atoms with Crippen LogP contribution in [0.1, 0.15) is 50.2 Å². The molecule has 1 N–H and O–H groups in total. The molecular weight excluding hydrogens is 454 g/mol. The van der Waals surface area contributed by atoms with Crippen LogP contribution in [0, 0.1) is 23.2 Å². The van der Waals surface area contributed by atoms with Crippen molar-refractivity contribution in [2.45, 2.75) is 51.7 Å². The molecule has 5 atom stereocenters. The summed E-state index contributed by atoms with van der Waals surface area (Å²) in [6, 6.07) is 15.9. The molecule has 2 aromatic rings. The van der Waals surface area contributed by atoms with E-state index in [1.165, 1.54) is 19.3 Å². The maximum atomic E-state index is 13.0. The number of likely N-dealkylation sites (tertiary alicyclic amines) is 1. The summed E-state index contributed by atoms with van der Waals surface area (Å²) in [6.07, 6.45) is 3.45. The maximum Gasteiger partial charge on any atom is 0.248 e. The minimum absolute atomic E-state index is 0.0239. The summed E-state index contributed by atoms with van der Waals surface area (Å²) < 4.78 is 17.6. The molecule has 1 heterocycles. The Morgan fingerprint density at radius 1 is 1.14 bits per heavy atom. The number of carbonyl (C=O) groups excluding carboxylic acids is 1. The highest BCUT2D eigenvalue weighted by Crippen LogP contribution is 2.57. The van der Waals surface area contributed by atoms with Crippen molar-refractivity contribution in [3.63, 3.8) is 0 Å². The number of carbonyl (C=O) groups is 1. The van der Waals surface area contributed by atoms with E-state index in [9.17, 15) is 9.90 Å². The van der Waals surface area contributed by atoms with Crippen molar-refractivity contribution in [1.82, 2.24) is 4.90 Å².